The molecular formula is C21H15FN2O. The first-order chi connectivity index (χ1) is 12.2. The van der Waals surface area contributed by atoms with Crippen LogP contribution in [0, 0.1) is 5.82 Å². The van der Waals surface area contributed by atoms with Crippen LogP contribution in [0.15, 0.2) is 78.9 Å². The molecule has 4 aromatic carbocycles. The Hall–Kier alpha value is -3.40. The van der Waals surface area contributed by atoms with E-state index in [0.717, 1.165) is 27.2 Å². The van der Waals surface area contributed by atoms with Gasteiger partial charge in [-0.3, -0.25) is 0 Å². The molecule has 0 heterocycles. The molecule has 0 bridgehead atoms. The van der Waals surface area contributed by atoms with Crippen LogP contribution in [-0.4, -0.2) is 6.03 Å². The van der Waals surface area contributed by atoms with Gasteiger partial charge in [-0.15, -0.1) is 0 Å². The summed E-state index contributed by atoms with van der Waals surface area (Å²) in [6.07, 6.45) is 0. The first-order valence-corrected chi connectivity index (χ1v) is 7.94. The molecule has 122 valence electrons. The Morgan fingerprint density at radius 2 is 1.40 bits per heavy atom. The van der Waals surface area contributed by atoms with Crippen molar-refractivity contribution in [3.05, 3.63) is 84.7 Å². The topological polar surface area (TPSA) is 41.1 Å². The maximum atomic E-state index is 12.9. The fourth-order valence-electron chi connectivity index (χ4n) is 2.89. The van der Waals surface area contributed by atoms with Crippen LogP contribution in [0.2, 0.25) is 0 Å². The summed E-state index contributed by atoms with van der Waals surface area (Å²) in [4.78, 5) is 12.3. The molecule has 0 fully saturated rings. The van der Waals surface area contributed by atoms with Crippen molar-refractivity contribution in [3.63, 3.8) is 0 Å². The number of urea groups is 1. The number of hydrogen-bond donors (Lipinski definition) is 2. The molecule has 0 spiro atoms. The van der Waals surface area contributed by atoms with Gasteiger partial charge in [0.25, 0.3) is 0 Å². The van der Waals surface area contributed by atoms with Crippen molar-refractivity contribution in [2.45, 2.75) is 0 Å². The zero-order valence-electron chi connectivity index (χ0n) is 13.3. The molecule has 0 atom stereocenters. The number of rotatable bonds is 2. The first kappa shape index (κ1) is 15.1. The molecule has 2 amide bonds. The van der Waals surface area contributed by atoms with E-state index in [1.165, 1.54) is 24.3 Å². The second kappa shape index (κ2) is 6.24. The van der Waals surface area contributed by atoms with Crippen LogP contribution in [0.3, 0.4) is 0 Å². The Labute approximate surface area is 144 Å². The van der Waals surface area contributed by atoms with Crippen molar-refractivity contribution < 1.29 is 9.18 Å². The van der Waals surface area contributed by atoms with Crippen LogP contribution in [0.1, 0.15) is 0 Å². The Morgan fingerprint density at radius 3 is 2.16 bits per heavy atom. The van der Waals surface area contributed by atoms with Gasteiger partial charge < -0.3 is 10.6 Å². The number of fused-ring (bicyclic) bond motifs is 2. The Morgan fingerprint density at radius 1 is 0.720 bits per heavy atom. The Balaban J connectivity index is 1.65. The van der Waals surface area contributed by atoms with Crippen molar-refractivity contribution >= 4 is 39.0 Å². The second-order valence-corrected chi connectivity index (χ2v) is 5.81. The molecule has 0 aliphatic carbocycles. The first-order valence-electron chi connectivity index (χ1n) is 7.94. The van der Waals surface area contributed by atoms with Crippen molar-refractivity contribution in [2.75, 3.05) is 10.6 Å². The molecule has 25 heavy (non-hydrogen) atoms. The summed E-state index contributed by atoms with van der Waals surface area (Å²) in [5, 5.41) is 9.86. The maximum absolute atomic E-state index is 12.9. The zero-order valence-corrected chi connectivity index (χ0v) is 13.3. The van der Waals surface area contributed by atoms with E-state index in [1.807, 2.05) is 36.4 Å². The predicted molar refractivity (Wildman–Crippen MR) is 100 cm³/mol. The standard InChI is InChI=1S/C21H15FN2O/c22-17-8-10-18(11-9-17)23-21(25)24-20-7-3-6-16-12-14-4-1-2-5-15(14)13-19(16)20/h1-13H,(H2,23,24,25). The summed E-state index contributed by atoms with van der Waals surface area (Å²) < 4.78 is 12.9. The average Bonchev–Trinajstić information content (AvgIpc) is 2.62. The molecule has 4 aromatic rings. The summed E-state index contributed by atoms with van der Waals surface area (Å²) in [5.74, 6) is -0.341. The van der Waals surface area contributed by atoms with E-state index >= 15 is 0 Å². The zero-order chi connectivity index (χ0) is 17.2. The number of carbonyl (C=O) groups excluding carboxylic acids is 1. The molecule has 0 aromatic heterocycles. The highest BCUT2D eigenvalue weighted by Gasteiger charge is 2.07. The van der Waals surface area contributed by atoms with Crippen LogP contribution < -0.4 is 10.6 Å². The van der Waals surface area contributed by atoms with Crippen molar-refractivity contribution in [2.24, 2.45) is 0 Å². The van der Waals surface area contributed by atoms with Crippen LogP contribution in [0.25, 0.3) is 21.5 Å². The van der Waals surface area contributed by atoms with Gasteiger partial charge in [-0.2, -0.15) is 0 Å². The van der Waals surface area contributed by atoms with E-state index in [0.29, 0.717) is 5.69 Å². The minimum atomic E-state index is -0.368. The fraction of sp³-hybridized carbons (Fsp3) is 0. The number of hydrogen-bond acceptors (Lipinski definition) is 1. The molecule has 4 heteroatoms. The van der Waals surface area contributed by atoms with E-state index in [1.54, 1.807) is 0 Å². The lowest BCUT2D eigenvalue weighted by atomic mass is 10.0. The molecular weight excluding hydrogens is 315 g/mol. The maximum Gasteiger partial charge on any atom is 0.323 e. The Kier molecular flexibility index (Phi) is 3.78. The smallest absolute Gasteiger partial charge is 0.308 e. The summed E-state index contributed by atoms with van der Waals surface area (Å²) in [7, 11) is 0. The summed E-state index contributed by atoms with van der Waals surface area (Å²) in [5.41, 5.74) is 1.26. The number of anilines is 2. The monoisotopic (exact) mass is 330 g/mol. The molecule has 3 nitrogen and oxygen atoms in total. The largest absolute Gasteiger partial charge is 0.323 e. The summed E-state index contributed by atoms with van der Waals surface area (Å²) in [6.45, 7) is 0. The molecule has 0 saturated heterocycles. The van der Waals surface area contributed by atoms with Crippen molar-refractivity contribution in [3.8, 4) is 0 Å². The third-order valence-corrected chi connectivity index (χ3v) is 4.10. The van der Waals surface area contributed by atoms with Crippen molar-refractivity contribution in [1.82, 2.24) is 0 Å². The van der Waals surface area contributed by atoms with Crippen LogP contribution >= 0.6 is 0 Å². The summed E-state index contributed by atoms with van der Waals surface area (Å²) in [6, 6.07) is 23.4. The number of benzene rings is 4. The lowest BCUT2D eigenvalue weighted by Gasteiger charge is -2.11. The van der Waals surface area contributed by atoms with Gasteiger partial charge in [-0.1, -0.05) is 36.4 Å². The van der Waals surface area contributed by atoms with Crippen molar-refractivity contribution in [1.29, 1.82) is 0 Å². The van der Waals surface area contributed by atoms with Gasteiger partial charge in [-0.05, 0) is 58.6 Å². The van der Waals surface area contributed by atoms with E-state index in [9.17, 15) is 9.18 Å². The normalized spacial score (nSPS) is 10.8. The van der Waals surface area contributed by atoms with Crippen LogP contribution in [-0.2, 0) is 0 Å². The van der Waals surface area contributed by atoms with Gasteiger partial charge in [0, 0.05) is 11.1 Å². The highest BCUT2D eigenvalue weighted by molar-refractivity contribution is 6.09. The minimum Gasteiger partial charge on any atom is -0.308 e. The molecule has 0 radical (unpaired) electrons. The number of carbonyl (C=O) groups is 1. The lowest BCUT2D eigenvalue weighted by Crippen LogP contribution is -2.19. The molecule has 0 unspecified atom stereocenters. The second-order valence-electron chi connectivity index (χ2n) is 5.81. The van der Waals surface area contributed by atoms with Gasteiger partial charge >= 0.3 is 6.03 Å². The quantitative estimate of drug-likeness (QED) is 0.450. The average molecular weight is 330 g/mol. The third kappa shape index (κ3) is 3.15. The number of amides is 2. The van der Waals surface area contributed by atoms with Gasteiger partial charge in [0.2, 0.25) is 0 Å². The number of nitrogens with one attached hydrogen (secondary N) is 2. The van der Waals surface area contributed by atoms with E-state index < -0.39 is 0 Å². The van der Waals surface area contributed by atoms with E-state index in [-0.39, 0.29) is 11.8 Å². The molecule has 2 N–H and O–H groups in total. The fourth-order valence-corrected chi connectivity index (χ4v) is 2.89. The molecule has 4 rings (SSSR count). The van der Waals surface area contributed by atoms with Gasteiger partial charge in [0.05, 0.1) is 5.69 Å². The molecule has 0 aliphatic heterocycles. The minimum absolute atomic E-state index is 0.341. The van der Waals surface area contributed by atoms with Gasteiger partial charge in [0.15, 0.2) is 0 Å². The van der Waals surface area contributed by atoms with Crippen LogP contribution in [0.5, 0.6) is 0 Å². The molecule has 0 aliphatic rings. The lowest BCUT2D eigenvalue weighted by molar-refractivity contribution is 0.262. The van der Waals surface area contributed by atoms with Crippen LogP contribution in [0.4, 0.5) is 20.6 Å². The number of halogens is 1. The highest BCUT2D eigenvalue weighted by atomic mass is 19.1. The Bertz CT molecular complexity index is 1070. The van der Waals surface area contributed by atoms with E-state index in [2.05, 4.69) is 28.8 Å². The third-order valence-electron chi connectivity index (χ3n) is 4.10. The van der Waals surface area contributed by atoms with Gasteiger partial charge in [-0.25, -0.2) is 9.18 Å². The van der Waals surface area contributed by atoms with E-state index in [4.69, 9.17) is 0 Å². The predicted octanol–water partition coefficient (Wildman–Crippen LogP) is 5.78. The highest BCUT2D eigenvalue weighted by Crippen LogP contribution is 2.28. The summed E-state index contributed by atoms with van der Waals surface area (Å²) >= 11 is 0. The van der Waals surface area contributed by atoms with Gasteiger partial charge in [0.1, 0.15) is 5.82 Å². The SMILES string of the molecule is O=C(Nc1ccc(F)cc1)Nc1cccc2cc3ccccc3cc12. The molecule has 0 saturated carbocycles.